The van der Waals surface area contributed by atoms with Gasteiger partial charge in [0.05, 0.1) is 41.4 Å². The van der Waals surface area contributed by atoms with Gasteiger partial charge in [0, 0.05) is 36.5 Å². The van der Waals surface area contributed by atoms with Crippen molar-refractivity contribution in [3.8, 4) is 6.07 Å². The molecule has 0 saturated carbocycles. The van der Waals surface area contributed by atoms with Crippen molar-refractivity contribution in [3.63, 3.8) is 0 Å². The Morgan fingerprint density at radius 1 is 1.36 bits per heavy atom. The second-order valence-corrected chi connectivity index (χ2v) is 8.24. The highest BCUT2D eigenvalue weighted by molar-refractivity contribution is 6.03. The Hall–Kier alpha value is -4.03. The number of carbonyl (C=O) groups is 1. The van der Waals surface area contributed by atoms with E-state index in [1.54, 1.807) is 12.3 Å². The molecule has 4 heterocycles. The molecule has 5 rings (SSSR count). The van der Waals surface area contributed by atoms with Gasteiger partial charge in [0.1, 0.15) is 17.0 Å². The molecule has 3 aromatic heterocycles. The quantitative estimate of drug-likeness (QED) is 0.500. The molecule has 1 saturated heterocycles. The van der Waals surface area contributed by atoms with Crippen molar-refractivity contribution in [2.75, 3.05) is 11.9 Å². The number of carbonyl (C=O) groups excluding carboxylic acids is 1. The molecule has 0 spiro atoms. The number of pyridine rings is 2. The SMILES string of the molecule is C[C@@H]1C[C@H](n2c(CC(=O)Nc3c[nH]ccc3=O)nc3cnc4ccc(C#N)cc4c32)CCO1. The number of hydrogen-bond donors (Lipinski definition) is 2. The third-order valence-corrected chi connectivity index (χ3v) is 5.96. The topological polar surface area (TPSA) is 126 Å². The molecule has 1 aliphatic heterocycles. The second kappa shape index (κ2) is 8.48. The minimum absolute atomic E-state index is 0.00577. The van der Waals surface area contributed by atoms with E-state index in [2.05, 4.69) is 25.9 Å². The number of fused-ring (bicyclic) bond motifs is 3. The smallest absolute Gasteiger partial charge is 0.232 e. The second-order valence-electron chi connectivity index (χ2n) is 8.24. The highest BCUT2D eigenvalue weighted by Crippen LogP contribution is 2.34. The maximum Gasteiger partial charge on any atom is 0.232 e. The summed E-state index contributed by atoms with van der Waals surface area (Å²) in [7, 11) is 0. The van der Waals surface area contributed by atoms with Crippen molar-refractivity contribution in [2.24, 2.45) is 0 Å². The van der Waals surface area contributed by atoms with Gasteiger partial charge in [-0.05, 0) is 38.0 Å². The van der Waals surface area contributed by atoms with Gasteiger partial charge in [-0.25, -0.2) is 4.98 Å². The first kappa shape index (κ1) is 20.8. The lowest BCUT2D eigenvalue weighted by Crippen LogP contribution is -2.28. The summed E-state index contributed by atoms with van der Waals surface area (Å²) in [4.78, 5) is 36.9. The molecular formula is C24H22N6O3. The van der Waals surface area contributed by atoms with Crippen LogP contribution in [0.4, 0.5) is 5.69 Å². The van der Waals surface area contributed by atoms with E-state index in [0.29, 0.717) is 23.5 Å². The number of ether oxygens (including phenoxy) is 1. The Labute approximate surface area is 189 Å². The standard InChI is InChI=1S/C24H22N6O3/c1-14-8-16(5-7-33-14)30-22(10-23(32)29-19-12-26-6-4-21(19)31)28-20-13-27-18-3-2-15(11-25)9-17(18)24(20)30/h2-4,6,9,12-14,16H,5,7-8,10H2,1H3,(H,26,31)(H,29,32)/t14-,16-/m1/s1. The Bertz CT molecular complexity index is 1460. The van der Waals surface area contributed by atoms with Crippen molar-refractivity contribution in [3.05, 3.63) is 64.5 Å². The number of nitrogens with zero attached hydrogens (tertiary/aromatic N) is 4. The zero-order valence-electron chi connectivity index (χ0n) is 18.0. The summed E-state index contributed by atoms with van der Waals surface area (Å²) in [5.41, 5.74) is 2.74. The van der Waals surface area contributed by atoms with Crippen LogP contribution in [0.3, 0.4) is 0 Å². The van der Waals surface area contributed by atoms with Crippen LogP contribution in [0.25, 0.3) is 21.9 Å². The van der Waals surface area contributed by atoms with E-state index in [1.165, 1.54) is 18.5 Å². The summed E-state index contributed by atoms with van der Waals surface area (Å²) in [6, 6.07) is 9.01. The molecule has 0 unspecified atom stereocenters. The lowest BCUT2D eigenvalue weighted by molar-refractivity contribution is -0.115. The van der Waals surface area contributed by atoms with Crippen LogP contribution in [0, 0.1) is 11.3 Å². The molecule has 1 amide bonds. The summed E-state index contributed by atoms with van der Waals surface area (Å²) >= 11 is 0. The van der Waals surface area contributed by atoms with Crippen LogP contribution in [0.15, 0.2) is 47.7 Å². The number of nitriles is 1. The molecule has 2 atom stereocenters. The summed E-state index contributed by atoms with van der Waals surface area (Å²) in [6.45, 7) is 2.65. The third-order valence-electron chi connectivity index (χ3n) is 5.96. The van der Waals surface area contributed by atoms with E-state index in [4.69, 9.17) is 9.72 Å². The van der Waals surface area contributed by atoms with E-state index in [-0.39, 0.29) is 35.6 Å². The number of hydrogen-bond acceptors (Lipinski definition) is 6. The predicted octanol–water partition coefficient (Wildman–Crippen LogP) is 3.07. The van der Waals surface area contributed by atoms with Crippen molar-refractivity contribution < 1.29 is 9.53 Å². The molecule has 166 valence electrons. The monoisotopic (exact) mass is 442 g/mol. The van der Waals surface area contributed by atoms with Gasteiger partial charge < -0.3 is 19.6 Å². The van der Waals surface area contributed by atoms with Crippen LogP contribution in [-0.4, -0.2) is 38.1 Å². The van der Waals surface area contributed by atoms with Gasteiger partial charge in [-0.3, -0.25) is 14.6 Å². The summed E-state index contributed by atoms with van der Waals surface area (Å²) in [5.74, 6) is 0.254. The van der Waals surface area contributed by atoms with Gasteiger partial charge in [0.15, 0.2) is 0 Å². The van der Waals surface area contributed by atoms with E-state index >= 15 is 0 Å². The number of imidazole rings is 1. The fourth-order valence-corrected chi connectivity index (χ4v) is 4.47. The van der Waals surface area contributed by atoms with Crippen molar-refractivity contribution in [1.82, 2.24) is 19.5 Å². The number of anilines is 1. The number of benzene rings is 1. The van der Waals surface area contributed by atoms with Gasteiger partial charge in [0.2, 0.25) is 11.3 Å². The lowest BCUT2D eigenvalue weighted by Gasteiger charge is -2.30. The number of aromatic nitrogens is 4. The molecule has 33 heavy (non-hydrogen) atoms. The molecule has 1 aromatic carbocycles. The molecule has 0 radical (unpaired) electrons. The zero-order valence-corrected chi connectivity index (χ0v) is 18.0. The van der Waals surface area contributed by atoms with Crippen LogP contribution in [0.2, 0.25) is 0 Å². The Kier molecular flexibility index (Phi) is 5.36. The molecule has 1 aliphatic rings. The van der Waals surface area contributed by atoms with Gasteiger partial charge in [-0.15, -0.1) is 0 Å². The van der Waals surface area contributed by atoms with E-state index < -0.39 is 0 Å². The molecule has 9 heteroatoms. The minimum Gasteiger partial charge on any atom is -0.378 e. The number of H-pyrrole nitrogens is 1. The molecule has 1 fully saturated rings. The van der Waals surface area contributed by atoms with Crippen LogP contribution in [0.1, 0.15) is 37.2 Å². The van der Waals surface area contributed by atoms with Gasteiger partial charge in [0.25, 0.3) is 0 Å². The summed E-state index contributed by atoms with van der Waals surface area (Å²) < 4.78 is 7.85. The molecular weight excluding hydrogens is 420 g/mol. The molecule has 0 bridgehead atoms. The van der Waals surface area contributed by atoms with Crippen LogP contribution < -0.4 is 10.7 Å². The Balaban J connectivity index is 1.63. The third kappa shape index (κ3) is 3.97. The number of nitrogens with one attached hydrogen (secondary N) is 2. The summed E-state index contributed by atoms with van der Waals surface area (Å²) in [5, 5.41) is 12.9. The van der Waals surface area contributed by atoms with Gasteiger partial charge in [-0.2, -0.15) is 5.26 Å². The maximum absolute atomic E-state index is 12.9. The van der Waals surface area contributed by atoms with Crippen LogP contribution >= 0.6 is 0 Å². The van der Waals surface area contributed by atoms with E-state index in [0.717, 1.165) is 29.3 Å². The fourth-order valence-electron chi connectivity index (χ4n) is 4.47. The molecule has 9 nitrogen and oxygen atoms in total. The van der Waals surface area contributed by atoms with Gasteiger partial charge in [-0.1, -0.05) is 0 Å². The van der Waals surface area contributed by atoms with Crippen molar-refractivity contribution >= 4 is 33.5 Å². The van der Waals surface area contributed by atoms with Crippen LogP contribution in [0.5, 0.6) is 0 Å². The highest BCUT2D eigenvalue weighted by Gasteiger charge is 2.27. The van der Waals surface area contributed by atoms with Gasteiger partial charge >= 0.3 is 0 Å². The van der Waals surface area contributed by atoms with Crippen LogP contribution in [-0.2, 0) is 16.0 Å². The first-order chi connectivity index (χ1) is 16.0. The number of amides is 1. The van der Waals surface area contributed by atoms with E-state index in [1.807, 2.05) is 19.1 Å². The fraction of sp³-hybridized carbons (Fsp3) is 0.292. The first-order valence-corrected chi connectivity index (χ1v) is 10.8. The number of aromatic amines is 1. The predicted molar refractivity (Wildman–Crippen MR) is 123 cm³/mol. The average Bonchev–Trinajstić information content (AvgIpc) is 3.18. The maximum atomic E-state index is 12.9. The van der Waals surface area contributed by atoms with Crippen molar-refractivity contribution in [2.45, 2.75) is 38.3 Å². The highest BCUT2D eigenvalue weighted by atomic mass is 16.5. The largest absolute Gasteiger partial charge is 0.378 e. The van der Waals surface area contributed by atoms with E-state index in [9.17, 15) is 14.9 Å². The Morgan fingerprint density at radius 2 is 2.24 bits per heavy atom. The average molecular weight is 442 g/mol. The van der Waals surface area contributed by atoms with Crippen molar-refractivity contribution in [1.29, 1.82) is 5.26 Å². The molecule has 4 aromatic rings. The molecule has 0 aliphatic carbocycles. The lowest BCUT2D eigenvalue weighted by atomic mass is 10.0. The minimum atomic E-state index is -0.335. The first-order valence-electron chi connectivity index (χ1n) is 10.8. The normalized spacial score (nSPS) is 18.3. The number of rotatable bonds is 4. The molecule has 2 N–H and O–H groups in total. The summed E-state index contributed by atoms with van der Waals surface area (Å²) in [6.07, 6.45) is 6.31. The Morgan fingerprint density at radius 3 is 3.03 bits per heavy atom. The zero-order chi connectivity index (χ0) is 22.9.